The van der Waals surface area contributed by atoms with Crippen molar-refractivity contribution in [3.63, 3.8) is 0 Å². The second-order valence-electron chi connectivity index (χ2n) is 8.67. The van der Waals surface area contributed by atoms with E-state index >= 15 is 0 Å². The van der Waals surface area contributed by atoms with E-state index in [1.807, 2.05) is 42.1 Å². The number of carbonyl (C=O) groups is 2. The molecule has 0 bridgehead atoms. The summed E-state index contributed by atoms with van der Waals surface area (Å²) in [7, 11) is 3.42. The number of nitrogens with zero attached hydrogens (tertiary/aromatic N) is 1. The summed E-state index contributed by atoms with van der Waals surface area (Å²) in [6.07, 6.45) is 3.78. The summed E-state index contributed by atoms with van der Waals surface area (Å²) in [5.74, 6) is 0.216. The molecule has 1 unspecified atom stereocenters. The van der Waals surface area contributed by atoms with Crippen LogP contribution in [0.4, 0.5) is 0 Å². The first kappa shape index (κ1) is 21.0. The van der Waals surface area contributed by atoms with Crippen molar-refractivity contribution in [2.75, 3.05) is 7.11 Å². The van der Waals surface area contributed by atoms with Gasteiger partial charge >= 0.3 is 5.97 Å². The predicted octanol–water partition coefficient (Wildman–Crippen LogP) is 4.95. The molecule has 0 spiro atoms. The molecule has 3 aromatic carbocycles. The van der Waals surface area contributed by atoms with E-state index in [1.165, 1.54) is 13.2 Å². The lowest BCUT2D eigenvalue weighted by Gasteiger charge is -2.26. The number of methoxy groups -OCH3 is 1. The number of carbonyl (C=O) groups excluding carboxylic acids is 2. The Hall–Kier alpha value is -4.52. The summed E-state index contributed by atoms with van der Waals surface area (Å²) in [6.45, 7) is 0. The van der Waals surface area contributed by atoms with Crippen molar-refractivity contribution in [2.45, 2.75) is 12.3 Å². The minimum atomic E-state index is -0.430. The maximum Gasteiger partial charge on any atom is 0.312 e. The summed E-state index contributed by atoms with van der Waals surface area (Å²) in [6, 6.07) is 16.2. The lowest BCUT2D eigenvalue weighted by molar-refractivity contribution is -0.135. The molecule has 1 atom stereocenters. The number of Topliss-reactive ketones (excluding diaryl/α,β-unsaturated/α-hetero) is 1. The molecule has 174 valence electrons. The Bertz CT molecular complexity index is 1580. The molecule has 7 heteroatoms. The highest BCUT2D eigenvalue weighted by Gasteiger charge is 2.38. The van der Waals surface area contributed by atoms with Crippen LogP contribution in [-0.4, -0.2) is 28.5 Å². The van der Waals surface area contributed by atoms with Crippen LogP contribution in [0, 0.1) is 0 Å². The van der Waals surface area contributed by atoms with Gasteiger partial charge in [0.2, 0.25) is 5.78 Å². The predicted molar refractivity (Wildman–Crippen MR) is 129 cm³/mol. The first-order chi connectivity index (χ1) is 16.9. The van der Waals surface area contributed by atoms with Crippen LogP contribution in [0.5, 0.6) is 23.0 Å². The Morgan fingerprint density at radius 3 is 2.74 bits per heavy atom. The summed E-state index contributed by atoms with van der Waals surface area (Å²) < 4.78 is 18.9. The zero-order valence-corrected chi connectivity index (χ0v) is 19.1. The van der Waals surface area contributed by atoms with E-state index in [0.717, 1.165) is 22.0 Å². The van der Waals surface area contributed by atoms with E-state index in [9.17, 15) is 14.7 Å². The fourth-order valence-corrected chi connectivity index (χ4v) is 4.93. The summed E-state index contributed by atoms with van der Waals surface area (Å²) in [5, 5.41) is 11.0. The summed E-state index contributed by atoms with van der Waals surface area (Å²) in [5.41, 5.74) is 3.72. The highest BCUT2D eigenvalue weighted by molar-refractivity contribution is 6.15. The second kappa shape index (κ2) is 7.77. The molecule has 0 saturated carbocycles. The highest BCUT2D eigenvalue weighted by Crippen LogP contribution is 2.49. The number of hydrogen-bond acceptors (Lipinski definition) is 6. The van der Waals surface area contributed by atoms with Crippen LogP contribution >= 0.6 is 0 Å². The van der Waals surface area contributed by atoms with E-state index in [4.69, 9.17) is 14.2 Å². The average molecular weight is 467 g/mol. The molecule has 2 aliphatic rings. The van der Waals surface area contributed by atoms with Crippen molar-refractivity contribution in [2.24, 2.45) is 7.05 Å². The number of esters is 1. The van der Waals surface area contributed by atoms with E-state index in [0.29, 0.717) is 28.4 Å². The van der Waals surface area contributed by atoms with Gasteiger partial charge in [0.05, 0.1) is 19.1 Å². The van der Waals surface area contributed by atoms with Crippen LogP contribution in [0.25, 0.3) is 17.0 Å². The number of phenols is 1. The molecule has 6 rings (SSSR count). The first-order valence-electron chi connectivity index (χ1n) is 11.2. The normalized spacial score (nSPS) is 17.8. The summed E-state index contributed by atoms with van der Waals surface area (Å²) >= 11 is 0. The first-order valence-corrected chi connectivity index (χ1v) is 11.2. The molecule has 1 aromatic heterocycles. The Balaban J connectivity index is 1.47. The number of rotatable bonds is 3. The number of hydrogen-bond donors (Lipinski definition) is 1. The Kier molecular flexibility index (Phi) is 4.67. The van der Waals surface area contributed by atoms with Gasteiger partial charge in [-0.25, -0.2) is 0 Å². The van der Waals surface area contributed by atoms with Crippen LogP contribution in [0.1, 0.15) is 39.4 Å². The minimum absolute atomic E-state index is 0.000106. The van der Waals surface area contributed by atoms with Crippen molar-refractivity contribution in [3.8, 4) is 23.0 Å². The number of ether oxygens (including phenoxy) is 3. The quantitative estimate of drug-likeness (QED) is 0.261. The zero-order chi connectivity index (χ0) is 24.3. The van der Waals surface area contributed by atoms with Gasteiger partial charge in [0.1, 0.15) is 11.5 Å². The average Bonchev–Trinajstić information content (AvgIpc) is 3.35. The van der Waals surface area contributed by atoms with Gasteiger partial charge in [0.15, 0.2) is 17.3 Å². The SMILES string of the molecule is COc1cc(C2CC(=O)Oc3ccc4c(c32)OC(=Cc2cn(C)c3ccccc23)C4=O)ccc1O. The molecular weight excluding hydrogens is 446 g/mol. The van der Waals surface area contributed by atoms with E-state index < -0.39 is 5.92 Å². The minimum Gasteiger partial charge on any atom is -0.504 e. The third kappa shape index (κ3) is 3.27. The lowest BCUT2D eigenvalue weighted by atomic mass is 9.84. The standard InChI is InChI=1S/C28H21NO6/c1-29-14-16(17-5-3-4-6-20(17)29)12-24-27(32)18-8-10-22-26(28(18)35-24)19(13-25(31)34-22)15-7-9-21(30)23(11-15)33-2/h3-12,14,19,30H,13H2,1-2H3. The highest BCUT2D eigenvalue weighted by atomic mass is 16.5. The Morgan fingerprint density at radius 1 is 1.09 bits per heavy atom. The number of benzene rings is 3. The molecule has 4 aromatic rings. The molecule has 35 heavy (non-hydrogen) atoms. The molecule has 0 amide bonds. The van der Waals surface area contributed by atoms with Gasteiger partial charge in [-0.15, -0.1) is 0 Å². The molecule has 1 N–H and O–H groups in total. The largest absolute Gasteiger partial charge is 0.504 e. The van der Waals surface area contributed by atoms with Crippen molar-refractivity contribution in [3.05, 3.63) is 88.8 Å². The molecular formula is C28H21NO6. The fraction of sp³-hybridized carbons (Fsp3) is 0.143. The fourth-order valence-electron chi connectivity index (χ4n) is 4.93. The van der Waals surface area contributed by atoms with Gasteiger partial charge in [0.25, 0.3) is 0 Å². The number of ketones is 1. The van der Waals surface area contributed by atoms with Crippen LogP contribution in [0.3, 0.4) is 0 Å². The van der Waals surface area contributed by atoms with Gasteiger partial charge < -0.3 is 23.9 Å². The topological polar surface area (TPSA) is 87.0 Å². The van der Waals surface area contributed by atoms with Gasteiger partial charge in [-0.2, -0.15) is 0 Å². The number of para-hydroxylation sites is 1. The monoisotopic (exact) mass is 467 g/mol. The van der Waals surface area contributed by atoms with Gasteiger partial charge in [0, 0.05) is 41.2 Å². The molecule has 7 nitrogen and oxygen atoms in total. The maximum absolute atomic E-state index is 13.3. The number of allylic oxidation sites excluding steroid dienone is 1. The summed E-state index contributed by atoms with van der Waals surface area (Å²) in [4.78, 5) is 25.7. The van der Waals surface area contributed by atoms with E-state index in [1.54, 1.807) is 30.3 Å². The second-order valence-corrected chi connectivity index (χ2v) is 8.67. The van der Waals surface area contributed by atoms with Crippen molar-refractivity contribution in [1.29, 1.82) is 0 Å². The van der Waals surface area contributed by atoms with Crippen LogP contribution in [0.2, 0.25) is 0 Å². The van der Waals surface area contributed by atoms with Crippen molar-refractivity contribution < 1.29 is 28.9 Å². The third-order valence-corrected chi connectivity index (χ3v) is 6.60. The van der Waals surface area contributed by atoms with Gasteiger partial charge in [-0.1, -0.05) is 24.3 Å². The van der Waals surface area contributed by atoms with E-state index in [2.05, 4.69) is 0 Å². The van der Waals surface area contributed by atoms with E-state index in [-0.39, 0.29) is 29.7 Å². The lowest BCUT2D eigenvalue weighted by Crippen LogP contribution is -2.21. The molecule has 0 radical (unpaired) electrons. The molecule has 0 saturated heterocycles. The Labute approximate surface area is 200 Å². The molecule has 0 aliphatic carbocycles. The number of aromatic nitrogens is 1. The number of aryl methyl sites for hydroxylation is 1. The van der Waals surface area contributed by atoms with Crippen molar-refractivity contribution in [1.82, 2.24) is 4.57 Å². The van der Waals surface area contributed by atoms with Crippen LogP contribution in [0.15, 0.2) is 66.6 Å². The Morgan fingerprint density at radius 2 is 1.91 bits per heavy atom. The molecule has 3 heterocycles. The van der Waals surface area contributed by atoms with Gasteiger partial charge in [-0.05, 0) is 42.0 Å². The van der Waals surface area contributed by atoms with Gasteiger partial charge in [-0.3, -0.25) is 9.59 Å². The zero-order valence-electron chi connectivity index (χ0n) is 19.1. The van der Waals surface area contributed by atoms with Crippen LogP contribution in [-0.2, 0) is 11.8 Å². The smallest absolute Gasteiger partial charge is 0.312 e. The maximum atomic E-state index is 13.3. The van der Waals surface area contributed by atoms with Crippen LogP contribution < -0.4 is 14.2 Å². The van der Waals surface area contributed by atoms with Crippen molar-refractivity contribution >= 4 is 28.7 Å². The number of phenolic OH excluding ortho intramolecular Hbond substituents is 1. The third-order valence-electron chi connectivity index (χ3n) is 6.60. The molecule has 0 fully saturated rings. The molecule has 2 aliphatic heterocycles. The number of fused-ring (bicyclic) bond motifs is 4. The number of aromatic hydroxyl groups is 1.